The van der Waals surface area contributed by atoms with E-state index in [4.69, 9.17) is 4.84 Å². The highest BCUT2D eigenvalue weighted by molar-refractivity contribution is 5.93. The van der Waals surface area contributed by atoms with E-state index < -0.39 is 0 Å². The summed E-state index contributed by atoms with van der Waals surface area (Å²) in [4.78, 5) is 17.9. The van der Waals surface area contributed by atoms with Gasteiger partial charge in [-0.1, -0.05) is 91.3 Å². The molecule has 3 unspecified atom stereocenters. The lowest BCUT2D eigenvalue weighted by Gasteiger charge is -2.32. The molecular weight excluding hydrogens is 444 g/mol. The first-order chi connectivity index (χ1) is 17.7. The third kappa shape index (κ3) is 5.84. The maximum Gasteiger partial charge on any atom is 0.274 e. The topological polar surface area (TPSA) is 50.4 Å². The smallest absolute Gasteiger partial charge is 0.274 e. The van der Waals surface area contributed by atoms with Crippen molar-refractivity contribution in [1.29, 1.82) is 0 Å². The highest BCUT2D eigenvalue weighted by atomic mass is 16.6. The molecule has 1 aliphatic rings. The molecule has 36 heavy (non-hydrogen) atoms. The van der Waals surface area contributed by atoms with E-state index in [1.54, 1.807) is 0 Å². The molecule has 4 aromatic carbocycles. The van der Waals surface area contributed by atoms with Gasteiger partial charge in [-0.05, 0) is 71.7 Å². The minimum absolute atomic E-state index is 0.218. The largest absolute Gasteiger partial charge is 0.307 e. The highest BCUT2D eigenvalue weighted by Crippen LogP contribution is 2.34. The van der Waals surface area contributed by atoms with E-state index in [-0.39, 0.29) is 5.91 Å². The zero-order valence-corrected chi connectivity index (χ0v) is 20.8. The zero-order chi connectivity index (χ0) is 24.7. The van der Waals surface area contributed by atoms with Crippen molar-refractivity contribution in [3.63, 3.8) is 0 Å². The van der Waals surface area contributed by atoms with Crippen LogP contribution in [-0.4, -0.2) is 11.9 Å². The average Bonchev–Trinajstić information content (AvgIpc) is 2.93. The standard InChI is InChI=1S/C32H34N2O2/c1-23(30-16-8-12-26-11-5-6-15-31(26)30)33-29-14-7-13-28(21-29)25-17-19-27(20-18-25)32(35)34-36-22-24-9-3-2-4-10-24/h2-6,8-12,15-20,23,28-29,33H,7,13-14,21-22H2,1H3,(H,34,35). The Balaban J connectivity index is 1.16. The van der Waals surface area contributed by atoms with E-state index in [1.165, 1.54) is 41.2 Å². The SMILES string of the molecule is CC(NC1CCCC(c2ccc(C(=O)NOCc3ccccc3)cc2)C1)c1cccc2ccccc12. The Morgan fingerprint density at radius 2 is 1.64 bits per heavy atom. The van der Waals surface area contributed by atoms with Crippen LogP contribution in [0.25, 0.3) is 10.8 Å². The number of carbonyl (C=O) groups is 1. The first-order valence-electron chi connectivity index (χ1n) is 13.0. The van der Waals surface area contributed by atoms with E-state index in [2.05, 4.69) is 72.3 Å². The molecule has 1 saturated carbocycles. The molecule has 3 atom stereocenters. The van der Waals surface area contributed by atoms with Crippen LogP contribution in [0.3, 0.4) is 0 Å². The van der Waals surface area contributed by atoms with Gasteiger partial charge in [0.25, 0.3) is 5.91 Å². The second-order valence-electron chi connectivity index (χ2n) is 9.84. The molecule has 2 N–H and O–H groups in total. The van der Waals surface area contributed by atoms with Gasteiger partial charge in [0, 0.05) is 17.6 Å². The molecule has 184 valence electrons. The van der Waals surface area contributed by atoms with Crippen molar-refractivity contribution < 1.29 is 9.63 Å². The summed E-state index contributed by atoms with van der Waals surface area (Å²) in [5, 5.41) is 6.53. The normalized spacial score (nSPS) is 18.6. The Bertz CT molecular complexity index is 1280. The van der Waals surface area contributed by atoms with Crippen molar-refractivity contribution >= 4 is 16.7 Å². The lowest BCUT2D eigenvalue weighted by atomic mass is 9.80. The quantitative estimate of drug-likeness (QED) is 0.266. The Hall–Kier alpha value is -3.47. The molecule has 0 saturated heterocycles. The summed E-state index contributed by atoms with van der Waals surface area (Å²) in [5.74, 6) is 0.284. The van der Waals surface area contributed by atoms with Gasteiger partial charge in [0.1, 0.15) is 0 Å². The maximum atomic E-state index is 12.5. The summed E-state index contributed by atoms with van der Waals surface area (Å²) >= 11 is 0. The summed E-state index contributed by atoms with van der Waals surface area (Å²) in [6, 6.07) is 33.8. The van der Waals surface area contributed by atoms with Crippen LogP contribution in [-0.2, 0) is 11.4 Å². The van der Waals surface area contributed by atoms with Gasteiger partial charge < -0.3 is 5.32 Å². The molecule has 0 radical (unpaired) electrons. The van der Waals surface area contributed by atoms with Crippen LogP contribution in [0.2, 0.25) is 0 Å². The number of amides is 1. The fourth-order valence-corrected chi connectivity index (χ4v) is 5.44. The van der Waals surface area contributed by atoms with E-state index in [0.29, 0.717) is 30.2 Å². The molecule has 4 heteroatoms. The van der Waals surface area contributed by atoms with E-state index >= 15 is 0 Å². The molecule has 5 rings (SSSR count). The Morgan fingerprint density at radius 1 is 0.889 bits per heavy atom. The summed E-state index contributed by atoms with van der Waals surface area (Å²) in [7, 11) is 0. The van der Waals surface area contributed by atoms with Crippen LogP contribution in [0.5, 0.6) is 0 Å². The first kappa shape index (κ1) is 24.2. The van der Waals surface area contributed by atoms with E-state index in [9.17, 15) is 4.79 Å². The molecule has 0 aromatic heterocycles. The third-order valence-electron chi connectivity index (χ3n) is 7.34. The minimum Gasteiger partial charge on any atom is -0.307 e. The summed E-state index contributed by atoms with van der Waals surface area (Å²) in [6.07, 6.45) is 4.71. The van der Waals surface area contributed by atoms with E-state index in [0.717, 1.165) is 12.0 Å². The first-order valence-corrected chi connectivity index (χ1v) is 13.0. The molecule has 4 nitrogen and oxygen atoms in total. The van der Waals surface area contributed by atoms with Gasteiger partial charge in [-0.25, -0.2) is 5.48 Å². The van der Waals surface area contributed by atoms with Gasteiger partial charge in [0.05, 0.1) is 6.61 Å². The van der Waals surface area contributed by atoms with Crippen LogP contribution in [0.15, 0.2) is 97.1 Å². The van der Waals surface area contributed by atoms with Crippen molar-refractivity contribution in [1.82, 2.24) is 10.8 Å². The predicted octanol–water partition coefficient (Wildman–Crippen LogP) is 7.08. The summed E-state index contributed by atoms with van der Waals surface area (Å²) in [5.41, 5.74) is 6.85. The van der Waals surface area contributed by atoms with Crippen LogP contribution >= 0.6 is 0 Å². The van der Waals surface area contributed by atoms with Gasteiger partial charge in [0.2, 0.25) is 0 Å². The Kier molecular flexibility index (Phi) is 7.75. The zero-order valence-electron chi connectivity index (χ0n) is 20.8. The highest BCUT2D eigenvalue weighted by Gasteiger charge is 2.25. The molecule has 0 aliphatic heterocycles. The van der Waals surface area contributed by atoms with Crippen LogP contribution in [0.4, 0.5) is 0 Å². The van der Waals surface area contributed by atoms with Gasteiger partial charge in [-0.3, -0.25) is 9.63 Å². The summed E-state index contributed by atoms with van der Waals surface area (Å²) < 4.78 is 0. The number of fused-ring (bicyclic) bond motifs is 1. The number of nitrogens with one attached hydrogen (secondary N) is 2. The number of carbonyl (C=O) groups excluding carboxylic acids is 1. The molecule has 0 bridgehead atoms. The second kappa shape index (κ2) is 11.5. The van der Waals surface area contributed by atoms with Crippen molar-refractivity contribution in [2.24, 2.45) is 0 Å². The number of hydrogen-bond acceptors (Lipinski definition) is 3. The molecule has 4 aromatic rings. The Labute approximate surface area is 213 Å². The number of hydroxylamine groups is 1. The van der Waals surface area contributed by atoms with Crippen molar-refractivity contribution in [3.8, 4) is 0 Å². The van der Waals surface area contributed by atoms with Gasteiger partial charge >= 0.3 is 0 Å². The van der Waals surface area contributed by atoms with Gasteiger partial charge in [-0.15, -0.1) is 0 Å². The second-order valence-corrected chi connectivity index (χ2v) is 9.84. The minimum atomic E-state index is -0.218. The maximum absolute atomic E-state index is 12.5. The molecule has 0 heterocycles. The van der Waals surface area contributed by atoms with Crippen molar-refractivity contribution in [3.05, 3.63) is 119 Å². The molecule has 1 aliphatic carbocycles. The fraction of sp³-hybridized carbons (Fsp3) is 0.281. The molecule has 1 amide bonds. The molecule has 1 fully saturated rings. The predicted molar refractivity (Wildman–Crippen MR) is 146 cm³/mol. The number of rotatable bonds is 8. The number of hydrogen-bond donors (Lipinski definition) is 2. The van der Waals surface area contributed by atoms with Gasteiger partial charge in [0.15, 0.2) is 0 Å². The lowest BCUT2D eigenvalue weighted by Crippen LogP contribution is -2.35. The van der Waals surface area contributed by atoms with Crippen molar-refractivity contribution in [2.75, 3.05) is 0 Å². The van der Waals surface area contributed by atoms with Crippen LogP contribution in [0, 0.1) is 0 Å². The third-order valence-corrected chi connectivity index (χ3v) is 7.34. The van der Waals surface area contributed by atoms with Crippen LogP contribution in [0.1, 0.15) is 71.6 Å². The van der Waals surface area contributed by atoms with Crippen LogP contribution < -0.4 is 10.8 Å². The van der Waals surface area contributed by atoms with E-state index in [1.807, 2.05) is 42.5 Å². The lowest BCUT2D eigenvalue weighted by molar-refractivity contribution is 0.0233. The number of benzene rings is 4. The monoisotopic (exact) mass is 478 g/mol. The Morgan fingerprint density at radius 3 is 2.47 bits per heavy atom. The average molecular weight is 479 g/mol. The van der Waals surface area contributed by atoms with Gasteiger partial charge in [-0.2, -0.15) is 0 Å². The fourth-order valence-electron chi connectivity index (χ4n) is 5.44. The molecular formula is C32H34N2O2. The van der Waals surface area contributed by atoms with Crippen molar-refractivity contribution in [2.45, 2.75) is 57.2 Å². The summed E-state index contributed by atoms with van der Waals surface area (Å²) in [6.45, 7) is 2.62. The molecule has 0 spiro atoms.